The number of carboxylic acid groups (broad SMARTS) is 1. The highest BCUT2D eigenvalue weighted by Crippen LogP contribution is 2.44. The van der Waals surface area contributed by atoms with Crippen LogP contribution in [0.15, 0.2) is 84.9 Å². The summed E-state index contributed by atoms with van der Waals surface area (Å²) in [6.45, 7) is 6.36. The standard InChI is InChI=1S/C31H33NO6Si/c1-31(2,3)39(20-13-7-5-8-14-20,21-15-9-6-10-16-21)38-26-24(30(35)36)19-25(27(26)37-4)32-28(33)22-17-11-12-18-23(22)29(32)34/h5-18,24-27H,19H2,1-4H3,(H,35,36)/t24-,25+,26+,27-/m0/s1. The SMILES string of the molecule is CO[C@@H]1[C@H](O[Si](c2ccccc2)(c2ccccc2)C(C)(C)C)[C@@H](C(=O)O)C[C@H]1N1C(=O)c2ccccc2C1=O. The van der Waals surface area contributed by atoms with Crippen LogP contribution in [0.5, 0.6) is 0 Å². The van der Waals surface area contributed by atoms with Gasteiger partial charge in [-0.05, 0) is 34.0 Å². The molecule has 3 aromatic rings. The van der Waals surface area contributed by atoms with E-state index in [4.69, 9.17) is 9.16 Å². The summed E-state index contributed by atoms with van der Waals surface area (Å²) in [6, 6.07) is 25.8. The zero-order chi connectivity index (χ0) is 27.9. The number of benzene rings is 3. The van der Waals surface area contributed by atoms with Crippen molar-refractivity contribution in [3.8, 4) is 0 Å². The predicted molar refractivity (Wildman–Crippen MR) is 150 cm³/mol. The van der Waals surface area contributed by atoms with Gasteiger partial charge in [0.15, 0.2) is 0 Å². The van der Waals surface area contributed by atoms with Crippen LogP contribution in [0.4, 0.5) is 0 Å². The Bertz CT molecular complexity index is 1310. The van der Waals surface area contributed by atoms with Crippen molar-refractivity contribution in [2.75, 3.05) is 7.11 Å². The Morgan fingerprint density at radius 3 is 1.69 bits per heavy atom. The first-order valence-electron chi connectivity index (χ1n) is 13.1. The van der Waals surface area contributed by atoms with Gasteiger partial charge in [-0.25, -0.2) is 0 Å². The lowest BCUT2D eigenvalue weighted by Gasteiger charge is -2.46. The first-order valence-corrected chi connectivity index (χ1v) is 15.0. The number of methoxy groups -OCH3 is 1. The summed E-state index contributed by atoms with van der Waals surface area (Å²) in [5, 5.41) is 12.0. The van der Waals surface area contributed by atoms with E-state index in [9.17, 15) is 19.5 Å². The zero-order valence-electron chi connectivity index (χ0n) is 22.5. The van der Waals surface area contributed by atoms with E-state index in [2.05, 4.69) is 20.8 Å². The highest BCUT2D eigenvalue weighted by atomic mass is 28.4. The number of imide groups is 1. The van der Waals surface area contributed by atoms with Crippen molar-refractivity contribution in [1.29, 1.82) is 0 Å². The van der Waals surface area contributed by atoms with Crippen molar-refractivity contribution in [2.45, 2.75) is 50.5 Å². The average Bonchev–Trinajstić information content (AvgIpc) is 3.41. The normalized spacial score (nSPS) is 23.2. The molecule has 1 aliphatic heterocycles. The van der Waals surface area contributed by atoms with E-state index in [1.807, 2.05) is 60.7 Å². The van der Waals surface area contributed by atoms with E-state index in [1.165, 1.54) is 12.0 Å². The summed E-state index contributed by atoms with van der Waals surface area (Å²) < 4.78 is 13.2. The number of amides is 2. The number of aliphatic carboxylic acids is 1. The molecule has 1 heterocycles. The number of ether oxygens (including phenoxy) is 1. The van der Waals surface area contributed by atoms with Crippen molar-refractivity contribution >= 4 is 36.5 Å². The maximum absolute atomic E-state index is 13.4. The molecule has 4 atom stereocenters. The minimum Gasteiger partial charge on any atom is -0.481 e. The fraction of sp³-hybridized carbons (Fsp3) is 0.323. The third kappa shape index (κ3) is 4.32. The quantitative estimate of drug-likeness (QED) is 0.361. The molecular weight excluding hydrogens is 510 g/mol. The molecule has 5 rings (SSSR count). The van der Waals surface area contributed by atoms with Gasteiger partial charge in [0.05, 0.1) is 29.2 Å². The molecule has 3 aromatic carbocycles. The van der Waals surface area contributed by atoms with E-state index < -0.39 is 55.3 Å². The molecule has 0 saturated heterocycles. The molecule has 1 saturated carbocycles. The summed E-state index contributed by atoms with van der Waals surface area (Å²) in [7, 11) is -1.67. The van der Waals surface area contributed by atoms with Gasteiger partial charge >= 0.3 is 5.97 Å². The number of carbonyl (C=O) groups is 3. The second-order valence-electron chi connectivity index (χ2n) is 11.2. The van der Waals surface area contributed by atoms with Gasteiger partial charge in [0.2, 0.25) is 0 Å². The molecule has 2 aliphatic rings. The largest absolute Gasteiger partial charge is 0.481 e. The van der Waals surface area contributed by atoms with Crippen molar-refractivity contribution in [2.24, 2.45) is 5.92 Å². The van der Waals surface area contributed by atoms with Crippen LogP contribution >= 0.6 is 0 Å². The molecule has 0 bridgehead atoms. The van der Waals surface area contributed by atoms with Gasteiger partial charge in [0.25, 0.3) is 20.1 Å². The third-order valence-corrected chi connectivity index (χ3v) is 13.1. The van der Waals surface area contributed by atoms with Crippen LogP contribution in [0.3, 0.4) is 0 Å². The Morgan fingerprint density at radius 2 is 1.28 bits per heavy atom. The van der Waals surface area contributed by atoms with E-state index in [0.717, 1.165) is 10.4 Å². The highest BCUT2D eigenvalue weighted by Gasteiger charge is 2.59. The molecule has 0 aromatic heterocycles. The van der Waals surface area contributed by atoms with Crippen LogP contribution in [0.2, 0.25) is 5.04 Å². The first-order chi connectivity index (χ1) is 18.6. The molecule has 0 unspecified atom stereocenters. The molecular formula is C31H33NO6Si. The summed E-state index contributed by atoms with van der Waals surface area (Å²) in [5.41, 5.74) is 0.640. The molecule has 7 nitrogen and oxygen atoms in total. The summed E-state index contributed by atoms with van der Waals surface area (Å²) in [4.78, 5) is 40.7. The van der Waals surface area contributed by atoms with Gasteiger partial charge in [0, 0.05) is 7.11 Å². The maximum Gasteiger partial charge on any atom is 0.309 e. The van der Waals surface area contributed by atoms with Crippen molar-refractivity contribution in [3.05, 3.63) is 96.1 Å². The molecule has 2 amide bonds. The third-order valence-electron chi connectivity index (χ3n) is 8.07. The lowest BCUT2D eigenvalue weighted by molar-refractivity contribution is -0.145. The van der Waals surface area contributed by atoms with E-state index in [1.54, 1.807) is 24.3 Å². The van der Waals surface area contributed by atoms with Crippen molar-refractivity contribution in [1.82, 2.24) is 4.90 Å². The van der Waals surface area contributed by atoms with Crippen LogP contribution in [0.25, 0.3) is 0 Å². The number of fused-ring (bicyclic) bond motifs is 1. The van der Waals surface area contributed by atoms with Crippen LogP contribution < -0.4 is 10.4 Å². The average molecular weight is 544 g/mol. The Morgan fingerprint density at radius 1 is 0.821 bits per heavy atom. The number of carbonyl (C=O) groups excluding carboxylic acids is 2. The zero-order valence-corrected chi connectivity index (χ0v) is 23.5. The van der Waals surface area contributed by atoms with E-state index >= 15 is 0 Å². The minimum absolute atomic E-state index is 0.0438. The fourth-order valence-corrected chi connectivity index (χ4v) is 11.0. The van der Waals surface area contributed by atoms with E-state index in [-0.39, 0.29) is 6.42 Å². The molecule has 0 spiro atoms. The smallest absolute Gasteiger partial charge is 0.309 e. The Hall–Kier alpha value is -3.59. The number of hydrogen-bond donors (Lipinski definition) is 1. The number of rotatable bonds is 7. The monoisotopic (exact) mass is 543 g/mol. The summed E-state index contributed by atoms with van der Waals surface area (Å²) in [5.74, 6) is -2.89. The van der Waals surface area contributed by atoms with Crippen LogP contribution in [0, 0.1) is 5.92 Å². The van der Waals surface area contributed by atoms with Gasteiger partial charge in [-0.1, -0.05) is 93.6 Å². The Labute approximate surface area is 229 Å². The Balaban J connectivity index is 1.63. The van der Waals surface area contributed by atoms with Gasteiger partial charge in [-0.3, -0.25) is 19.3 Å². The summed E-state index contributed by atoms with van der Waals surface area (Å²) in [6.07, 6.45) is -1.68. The van der Waals surface area contributed by atoms with Gasteiger partial charge in [-0.15, -0.1) is 0 Å². The minimum atomic E-state index is -3.16. The fourth-order valence-electron chi connectivity index (χ4n) is 6.31. The number of carboxylic acids is 1. The Kier molecular flexibility index (Phi) is 7.05. The predicted octanol–water partition coefficient (Wildman–Crippen LogP) is 3.72. The van der Waals surface area contributed by atoms with Crippen molar-refractivity contribution in [3.63, 3.8) is 0 Å². The molecule has 1 N–H and O–H groups in total. The first kappa shape index (κ1) is 27.0. The van der Waals surface area contributed by atoms with Gasteiger partial charge < -0.3 is 14.3 Å². The number of hydrogen-bond acceptors (Lipinski definition) is 5. The molecule has 202 valence electrons. The highest BCUT2D eigenvalue weighted by molar-refractivity contribution is 6.99. The van der Waals surface area contributed by atoms with Crippen LogP contribution in [-0.4, -0.2) is 61.5 Å². The van der Waals surface area contributed by atoms with Gasteiger partial charge in [-0.2, -0.15) is 0 Å². The van der Waals surface area contributed by atoms with Crippen LogP contribution in [0.1, 0.15) is 47.9 Å². The molecule has 1 aliphatic carbocycles. The lowest BCUT2D eigenvalue weighted by Crippen LogP contribution is -2.69. The summed E-state index contributed by atoms with van der Waals surface area (Å²) >= 11 is 0. The lowest BCUT2D eigenvalue weighted by atomic mass is 10.1. The molecule has 8 heteroatoms. The van der Waals surface area contributed by atoms with Gasteiger partial charge in [0.1, 0.15) is 6.10 Å². The van der Waals surface area contributed by atoms with E-state index in [0.29, 0.717) is 11.1 Å². The second kappa shape index (κ2) is 10.2. The molecule has 1 fully saturated rings. The van der Waals surface area contributed by atoms with Crippen LogP contribution in [-0.2, 0) is 14.0 Å². The maximum atomic E-state index is 13.4. The molecule has 0 radical (unpaired) electrons. The molecule has 39 heavy (non-hydrogen) atoms. The second-order valence-corrected chi connectivity index (χ2v) is 15.5. The topological polar surface area (TPSA) is 93.1 Å². The van der Waals surface area contributed by atoms with Crippen molar-refractivity contribution < 1.29 is 28.7 Å². The number of nitrogens with zero attached hydrogens (tertiary/aromatic N) is 1.